The Morgan fingerprint density at radius 3 is 2.23 bits per heavy atom. The summed E-state index contributed by atoms with van der Waals surface area (Å²) in [5, 5.41) is 9.76. The van der Waals surface area contributed by atoms with Crippen molar-refractivity contribution >= 4 is 5.97 Å². The van der Waals surface area contributed by atoms with Crippen LogP contribution in [-0.4, -0.2) is 41.2 Å². The Kier molecular flexibility index (Phi) is 5.94. The average molecular weight is 353 g/mol. The number of aliphatic carboxylic acids is 1. The zero-order valence-electron chi connectivity index (χ0n) is 15.3. The van der Waals surface area contributed by atoms with Gasteiger partial charge in [-0.2, -0.15) is 0 Å². The highest BCUT2D eigenvalue weighted by Gasteiger charge is 2.44. The van der Waals surface area contributed by atoms with Crippen molar-refractivity contribution in [1.82, 2.24) is 4.90 Å². The summed E-state index contributed by atoms with van der Waals surface area (Å²) >= 11 is 0. The Balaban J connectivity index is 1.54. The molecule has 1 atom stereocenters. The van der Waals surface area contributed by atoms with Crippen molar-refractivity contribution in [1.29, 1.82) is 0 Å². The van der Waals surface area contributed by atoms with Crippen molar-refractivity contribution in [2.75, 3.05) is 19.6 Å². The summed E-state index contributed by atoms with van der Waals surface area (Å²) in [5.41, 5.74) is 0.250. The number of hydrogen-bond donors (Lipinski definition) is 1. The standard InChI is InChI=1S/C22H27NO3/c1-18(19-8-4-2-5-9-19)12-15-23-16-13-22(14-17-23,21(24)25)26-20-10-6-3-7-11-20/h2-11,18H,12-17H2,1H3,(H,24,25)/t18-/m0/s1. The number of para-hydroxylation sites is 1. The van der Waals surface area contributed by atoms with Crippen LogP contribution in [0.25, 0.3) is 0 Å². The molecule has 0 unspecified atom stereocenters. The Morgan fingerprint density at radius 1 is 1.08 bits per heavy atom. The van der Waals surface area contributed by atoms with E-state index in [0.717, 1.165) is 26.1 Å². The van der Waals surface area contributed by atoms with Gasteiger partial charge >= 0.3 is 5.97 Å². The van der Waals surface area contributed by atoms with Gasteiger partial charge in [0, 0.05) is 25.9 Å². The van der Waals surface area contributed by atoms with Gasteiger partial charge in [-0.25, -0.2) is 4.79 Å². The molecular formula is C22H27NO3. The van der Waals surface area contributed by atoms with E-state index in [2.05, 4.69) is 36.1 Å². The van der Waals surface area contributed by atoms with Gasteiger partial charge in [-0.1, -0.05) is 55.5 Å². The summed E-state index contributed by atoms with van der Waals surface area (Å²) in [6.07, 6.45) is 2.09. The lowest BCUT2D eigenvalue weighted by molar-refractivity contribution is -0.159. The first kappa shape index (κ1) is 18.5. The highest BCUT2D eigenvalue weighted by atomic mass is 16.5. The summed E-state index contributed by atoms with van der Waals surface area (Å²) in [6, 6.07) is 19.8. The van der Waals surface area contributed by atoms with Crippen molar-refractivity contribution in [2.45, 2.75) is 37.7 Å². The number of carboxylic acids is 1. The third-order valence-corrected chi connectivity index (χ3v) is 5.36. The van der Waals surface area contributed by atoms with Crippen LogP contribution in [0.1, 0.15) is 37.7 Å². The van der Waals surface area contributed by atoms with E-state index < -0.39 is 11.6 Å². The summed E-state index contributed by atoms with van der Waals surface area (Å²) in [4.78, 5) is 14.3. The van der Waals surface area contributed by atoms with E-state index in [-0.39, 0.29) is 0 Å². The van der Waals surface area contributed by atoms with E-state index in [4.69, 9.17) is 4.74 Å². The third-order valence-electron chi connectivity index (χ3n) is 5.36. The minimum Gasteiger partial charge on any atom is -0.478 e. The van der Waals surface area contributed by atoms with Gasteiger partial charge in [0.05, 0.1) is 0 Å². The van der Waals surface area contributed by atoms with Gasteiger partial charge < -0.3 is 14.7 Å². The predicted molar refractivity (Wildman–Crippen MR) is 103 cm³/mol. The Morgan fingerprint density at radius 2 is 1.65 bits per heavy atom. The zero-order valence-corrected chi connectivity index (χ0v) is 15.3. The lowest BCUT2D eigenvalue weighted by Crippen LogP contribution is -2.53. The van der Waals surface area contributed by atoms with E-state index in [9.17, 15) is 9.90 Å². The summed E-state index contributed by atoms with van der Waals surface area (Å²) in [5.74, 6) is 0.266. The van der Waals surface area contributed by atoms with Crippen molar-refractivity contribution in [3.05, 3.63) is 66.2 Å². The lowest BCUT2D eigenvalue weighted by atomic mass is 9.90. The average Bonchev–Trinajstić information content (AvgIpc) is 2.68. The zero-order chi connectivity index (χ0) is 18.4. The van der Waals surface area contributed by atoms with E-state index in [1.165, 1.54) is 5.56 Å². The summed E-state index contributed by atoms with van der Waals surface area (Å²) < 4.78 is 5.92. The molecule has 26 heavy (non-hydrogen) atoms. The number of nitrogens with zero attached hydrogens (tertiary/aromatic N) is 1. The first-order valence-electron chi connectivity index (χ1n) is 9.34. The molecule has 4 heteroatoms. The molecule has 2 aromatic rings. The predicted octanol–water partition coefficient (Wildman–Crippen LogP) is 4.18. The molecule has 1 heterocycles. The molecule has 138 valence electrons. The second-order valence-corrected chi connectivity index (χ2v) is 7.16. The minimum atomic E-state index is -1.11. The van der Waals surface area contributed by atoms with Crippen molar-refractivity contribution in [2.24, 2.45) is 0 Å². The SMILES string of the molecule is C[C@@H](CCN1CCC(Oc2ccccc2)(C(=O)O)CC1)c1ccccc1. The number of likely N-dealkylation sites (tertiary alicyclic amines) is 1. The first-order valence-corrected chi connectivity index (χ1v) is 9.34. The Labute approximate surface area is 155 Å². The monoisotopic (exact) mass is 353 g/mol. The molecule has 0 saturated carbocycles. The maximum Gasteiger partial charge on any atom is 0.348 e. The van der Waals surface area contributed by atoms with Crippen LogP contribution in [0.4, 0.5) is 0 Å². The lowest BCUT2D eigenvalue weighted by Gasteiger charge is -2.39. The van der Waals surface area contributed by atoms with Gasteiger partial charge in [0.1, 0.15) is 5.75 Å². The molecule has 0 radical (unpaired) electrons. The highest BCUT2D eigenvalue weighted by Crippen LogP contribution is 2.30. The second kappa shape index (κ2) is 8.37. The van der Waals surface area contributed by atoms with E-state index in [1.54, 1.807) is 0 Å². The molecule has 3 rings (SSSR count). The molecule has 1 fully saturated rings. The van der Waals surface area contributed by atoms with Crippen LogP contribution in [0.15, 0.2) is 60.7 Å². The molecule has 0 amide bonds. The fraction of sp³-hybridized carbons (Fsp3) is 0.409. The van der Waals surface area contributed by atoms with Gasteiger partial charge in [0.25, 0.3) is 0 Å². The van der Waals surface area contributed by atoms with Crippen LogP contribution >= 0.6 is 0 Å². The minimum absolute atomic E-state index is 0.503. The van der Waals surface area contributed by atoms with Crippen molar-refractivity contribution < 1.29 is 14.6 Å². The largest absolute Gasteiger partial charge is 0.478 e. The number of hydrogen-bond acceptors (Lipinski definition) is 3. The molecule has 1 saturated heterocycles. The molecule has 1 aliphatic heterocycles. The maximum absolute atomic E-state index is 11.9. The molecule has 1 N–H and O–H groups in total. The molecule has 1 aliphatic rings. The number of piperidine rings is 1. The van der Waals surface area contributed by atoms with Gasteiger partial charge in [0.15, 0.2) is 0 Å². The number of benzene rings is 2. The smallest absolute Gasteiger partial charge is 0.348 e. The molecule has 0 aromatic heterocycles. The highest BCUT2D eigenvalue weighted by molar-refractivity contribution is 5.78. The summed E-state index contributed by atoms with van der Waals surface area (Å²) in [7, 11) is 0. The molecule has 0 spiro atoms. The van der Waals surface area contributed by atoms with Crippen molar-refractivity contribution in [3.63, 3.8) is 0 Å². The number of rotatable bonds is 7. The molecule has 4 nitrogen and oxygen atoms in total. The van der Waals surface area contributed by atoms with Crippen LogP contribution in [0, 0.1) is 0 Å². The quantitative estimate of drug-likeness (QED) is 0.811. The van der Waals surface area contributed by atoms with Crippen LogP contribution in [0.3, 0.4) is 0 Å². The molecular weight excluding hydrogens is 326 g/mol. The second-order valence-electron chi connectivity index (χ2n) is 7.16. The van der Waals surface area contributed by atoms with Crippen LogP contribution in [0.5, 0.6) is 5.75 Å². The van der Waals surface area contributed by atoms with E-state index >= 15 is 0 Å². The molecule has 0 bridgehead atoms. The number of carboxylic acid groups (broad SMARTS) is 1. The Hall–Kier alpha value is -2.33. The van der Waals surface area contributed by atoms with Crippen LogP contribution in [0.2, 0.25) is 0 Å². The van der Waals surface area contributed by atoms with Gasteiger partial charge in [0.2, 0.25) is 5.60 Å². The first-order chi connectivity index (χ1) is 12.6. The molecule has 0 aliphatic carbocycles. The van der Waals surface area contributed by atoms with Gasteiger partial charge in [-0.3, -0.25) is 0 Å². The fourth-order valence-corrected chi connectivity index (χ4v) is 3.54. The topological polar surface area (TPSA) is 49.8 Å². The normalized spacial score (nSPS) is 18.2. The molecule has 2 aromatic carbocycles. The number of carbonyl (C=O) groups is 1. The third kappa shape index (κ3) is 4.44. The van der Waals surface area contributed by atoms with E-state index in [0.29, 0.717) is 24.5 Å². The van der Waals surface area contributed by atoms with Crippen LogP contribution < -0.4 is 4.74 Å². The van der Waals surface area contributed by atoms with Gasteiger partial charge in [-0.15, -0.1) is 0 Å². The van der Waals surface area contributed by atoms with Gasteiger partial charge in [-0.05, 0) is 36.6 Å². The Bertz CT molecular complexity index is 694. The van der Waals surface area contributed by atoms with E-state index in [1.807, 2.05) is 36.4 Å². The van der Waals surface area contributed by atoms with Crippen molar-refractivity contribution in [3.8, 4) is 5.75 Å². The summed E-state index contributed by atoms with van der Waals surface area (Å²) in [6.45, 7) is 4.73. The van der Waals surface area contributed by atoms with Crippen LogP contribution in [-0.2, 0) is 4.79 Å². The number of ether oxygens (including phenoxy) is 1. The maximum atomic E-state index is 11.9. The fourth-order valence-electron chi connectivity index (χ4n) is 3.54.